The molecule has 1 amide bonds. The van der Waals surface area contributed by atoms with E-state index in [9.17, 15) is 22.0 Å². The summed E-state index contributed by atoms with van der Waals surface area (Å²) in [6.45, 7) is 3.91. The molecule has 11 nitrogen and oxygen atoms in total. The van der Waals surface area contributed by atoms with Gasteiger partial charge in [0.25, 0.3) is 5.91 Å². The fourth-order valence-corrected chi connectivity index (χ4v) is 6.77. The SMILES string of the molecule is CN1CCN(c2ccc(C(=O)Nc3n[nH]c4c3CN(S(=O)(=O)c3cc(F)cc(F)c3)CC4)c(NCc3ccco3)c2)CC1. The summed E-state index contributed by atoms with van der Waals surface area (Å²) in [4.78, 5) is 17.7. The van der Waals surface area contributed by atoms with Crippen LogP contribution in [0.15, 0.2) is 64.1 Å². The first-order chi connectivity index (χ1) is 20.7. The molecule has 0 spiro atoms. The third kappa shape index (κ3) is 6.12. The number of nitrogens with one attached hydrogen (secondary N) is 3. The summed E-state index contributed by atoms with van der Waals surface area (Å²) in [5.41, 5.74) is 3.12. The lowest BCUT2D eigenvalue weighted by Gasteiger charge is -2.34. The Kier molecular flexibility index (Phi) is 7.90. The van der Waals surface area contributed by atoms with Gasteiger partial charge in [-0.1, -0.05) is 0 Å². The third-order valence-corrected chi connectivity index (χ3v) is 9.58. The number of benzene rings is 2. The Morgan fingerprint density at radius 3 is 2.53 bits per heavy atom. The number of H-pyrrole nitrogens is 1. The molecule has 2 aliphatic rings. The largest absolute Gasteiger partial charge is 0.467 e. The summed E-state index contributed by atoms with van der Waals surface area (Å²) in [6, 6.07) is 11.4. The van der Waals surface area contributed by atoms with Crippen molar-refractivity contribution in [3.05, 3.63) is 89.0 Å². The Balaban J connectivity index is 1.24. The molecule has 2 aromatic carbocycles. The van der Waals surface area contributed by atoms with Crippen molar-refractivity contribution in [2.75, 3.05) is 55.3 Å². The molecule has 0 unspecified atom stereocenters. The van der Waals surface area contributed by atoms with Crippen molar-refractivity contribution < 1.29 is 26.4 Å². The smallest absolute Gasteiger partial charge is 0.258 e. The molecule has 226 valence electrons. The van der Waals surface area contributed by atoms with Gasteiger partial charge in [-0.05, 0) is 49.5 Å². The molecule has 0 radical (unpaired) electrons. The zero-order valence-electron chi connectivity index (χ0n) is 23.4. The van der Waals surface area contributed by atoms with Crippen LogP contribution in [0.1, 0.15) is 27.4 Å². The number of sulfonamides is 1. The highest BCUT2D eigenvalue weighted by atomic mass is 32.2. The second-order valence-corrected chi connectivity index (χ2v) is 12.6. The van der Waals surface area contributed by atoms with Gasteiger partial charge in [-0.25, -0.2) is 17.2 Å². The number of fused-ring (bicyclic) bond motifs is 1. The number of nitrogens with zero attached hydrogens (tertiary/aromatic N) is 4. The average Bonchev–Trinajstić information content (AvgIpc) is 3.66. The van der Waals surface area contributed by atoms with E-state index in [1.165, 1.54) is 0 Å². The lowest BCUT2D eigenvalue weighted by atomic mass is 10.1. The van der Waals surface area contributed by atoms with Crippen molar-refractivity contribution in [2.45, 2.75) is 24.4 Å². The molecular formula is C29H31F2N7O4S. The lowest BCUT2D eigenvalue weighted by molar-refractivity contribution is 0.102. The quantitative estimate of drug-likeness (QED) is 0.276. The summed E-state index contributed by atoms with van der Waals surface area (Å²) in [5, 5.41) is 13.3. The summed E-state index contributed by atoms with van der Waals surface area (Å²) in [7, 11) is -2.12. The highest BCUT2D eigenvalue weighted by molar-refractivity contribution is 7.89. The number of aromatic nitrogens is 2. The van der Waals surface area contributed by atoms with Crippen molar-refractivity contribution in [1.82, 2.24) is 19.4 Å². The van der Waals surface area contributed by atoms with Gasteiger partial charge >= 0.3 is 0 Å². The minimum Gasteiger partial charge on any atom is -0.467 e. The van der Waals surface area contributed by atoms with Crippen LogP contribution in [0.3, 0.4) is 0 Å². The van der Waals surface area contributed by atoms with E-state index in [0.29, 0.717) is 40.9 Å². The summed E-state index contributed by atoms with van der Waals surface area (Å²) in [5.74, 6) is -1.51. The van der Waals surface area contributed by atoms with Crippen LogP contribution in [0.4, 0.5) is 26.0 Å². The molecule has 4 heterocycles. The Labute approximate surface area is 247 Å². The molecule has 0 atom stereocenters. The van der Waals surface area contributed by atoms with Crippen molar-refractivity contribution in [2.24, 2.45) is 0 Å². The molecule has 0 aliphatic carbocycles. The molecule has 1 saturated heterocycles. The third-order valence-electron chi connectivity index (χ3n) is 7.75. The standard InChI is InChI=1S/C29H31F2N7O4S/c1-36-8-10-37(11-9-36)21-4-5-24(27(16-21)32-17-22-3-2-12-42-22)29(39)33-28-25-18-38(7-6-26(25)34-35-28)43(40,41)23-14-19(30)13-20(31)15-23/h2-5,12-16,32H,6-11,17-18H2,1H3,(H2,33,34,35,39). The number of carbonyl (C=O) groups excluding carboxylic acids is 1. The van der Waals surface area contributed by atoms with Crippen molar-refractivity contribution in [3.63, 3.8) is 0 Å². The van der Waals surface area contributed by atoms with Crippen LogP contribution in [0.25, 0.3) is 0 Å². The second kappa shape index (κ2) is 11.8. The summed E-state index contributed by atoms with van der Waals surface area (Å²) in [6.07, 6.45) is 1.87. The van der Waals surface area contributed by atoms with Gasteiger partial charge in [-0.3, -0.25) is 9.89 Å². The number of aromatic amines is 1. The average molecular weight is 612 g/mol. The predicted octanol–water partition coefficient (Wildman–Crippen LogP) is 3.64. The van der Waals surface area contributed by atoms with Crippen LogP contribution < -0.4 is 15.5 Å². The van der Waals surface area contributed by atoms with Crippen molar-refractivity contribution in [1.29, 1.82) is 0 Å². The maximum absolute atomic E-state index is 13.8. The maximum atomic E-state index is 13.8. The van der Waals surface area contributed by atoms with E-state index in [4.69, 9.17) is 4.42 Å². The van der Waals surface area contributed by atoms with E-state index >= 15 is 0 Å². The Morgan fingerprint density at radius 2 is 1.81 bits per heavy atom. The number of halogens is 2. The first-order valence-electron chi connectivity index (χ1n) is 13.8. The summed E-state index contributed by atoms with van der Waals surface area (Å²) < 4.78 is 60.6. The molecule has 1 fully saturated rings. The Bertz CT molecular complexity index is 1720. The molecule has 0 bridgehead atoms. The van der Waals surface area contributed by atoms with Gasteiger partial charge < -0.3 is 24.9 Å². The number of likely N-dealkylation sites (N-methyl/N-ethyl adjacent to an activating group) is 1. The zero-order chi connectivity index (χ0) is 30.1. The predicted molar refractivity (Wildman–Crippen MR) is 156 cm³/mol. The van der Waals surface area contributed by atoms with E-state index in [-0.39, 0.29) is 25.3 Å². The lowest BCUT2D eigenvalue weighted by Crippen LogP contribution is -2.44. The van der Waals surface area contributed by atoms with Gasteiger partial charge in [-0.2, -0.15) is 9.40 Å². The number of rotatable bonds is 8. The Hall–Kier alpha value is -4.27. The number of amides is 1. The van der Waals surface area contributed by atoms with Crippen LogP contribution in [-0.4, -0.2) is 73.5 Å². The minimum absolute atomic E-state index is 0.0810. The molecule has 43 heavy (non-hydrogen) atoms. The number of hydrogen-bond donors (Lipinski definition) is 3. The number of anilines is 3. The molecule has 6 rings (SSSR count). The topological polar surface area (TPSA) is 127 Å². The monoisotopic (exact) mass is 611 g/mol. The second-order valence-electron chi connectivity index (χ2n) is 10.6. The number of piperazine rings is 1. The van der Waals surface area contributed by atoms with E-state index in [1.54, 1.807) is 18.4 Å². The van der Waals surface area contributed by atoms with Gasteiger partial charge in [0.05, 0.1) is 23.3 Å². The van der Waals surface area contributed by atoms with Crippen LogP contribution >= 0.6 is 0 Å². The van der Waals surface area contributed by atoms with Crippen LogP contribution in [-0.2, 0) is 29.5 Å². The van der Waals surface area contributed by atoms with Crippen LogP contribution in [0.5, 0.6) is 0 Å². The maximum Gasteiger partial charge on any atom is 0.258 e. The summed E-state index contributed by atoms with van der Waals surface area (Å²) >= 11 is 0. The Morgan fingerprint density at radius 1 is 1.05 bits per heavy atom. The molecule has 4 aromatic rings. The van der Waals surface area contributed by atoms with Gasteiger partial charge in [-0.15, -0.1) is 0 Å². The molecule has 14 heteroatoms. The van der Waals surface area contributed by atoms with E-state index in [2.05, 4.69) is 37.7 Å². The molecular weight excluding hydrogens is 580 g/mol. The first kappa shape index (κ1) is 28.8. The van der Waals surface area contributed by atoms with Crippen LogP contribution in [0.2, 0.25) is 0 Å². The fourth-order valence-electron chi connectivity index (χ4n) is 5.31. The van der Waals surface area contributed by atoms with Crippen molar-refractivity contribution >= 4 is 33.1 Å². The zero-order valence-corrected chi connectivity index (χ0v) is 24.3. The number of carbonyl (C=O) groups is 1. The number of furan rings is 1. The van der Waals surface area contributed by atoms with Gasteiger partial charge in [0.2, 0.25) is 10.0 Å². The van der Waals surface area contributed by atoms with E-state index in [0.717, 1.165) is 48.3 Å². The van der Waals surface area contributed by atoms with Gasteiger partial charge in [0.15, 0.2) is 5.82 Å². The molecule has 2 aromatic heterocycles. The first-order valence-corrected chi connectivity index (χ1v) is 15.3. The highest BCUT2D eigenvalue weighted by Crippen LogP contribution is 2.31. The van der Waals surface area contributed by atoms with Crippen molar-refractivity contribution in [3.8, 4) is 0 Å². The van der Waals surface area contributed by atoms with E-state index < -0.39 is 32.5 Å². The minimum atomic E-state index is -4.21. The molecule has 2 aliphatic heterocycles. The number of hydrogen-bond acceptors (Lipinski definition) is 8. The van der Waals surface area contributed by atoms with Crippen LogP contribution in [0, 0.1) is 11.6 Å². The van der Waals surface area contributed by atoms with Gasteiger partial charge in [0.1, 0.15) is 17.4 Å². The molecule has 0 saturated carbocycles. The molecule has 3 N–H and O–H groups in total. The van der Waals surface area contributed by atoms with E-state index in [1.807, 2.05) is 18.2 Å². The highest BCUT2D eigenvalue weighted by Gasteiger charge is 2.32. The normalized spacial score (nSPS) is 16.2. The van der Waals surface area contributed by atoms with Gasteiger partial charge in [0, 0.05) is 74.4 Å². The fraction of sp³-hybridized carbons (Fsp3) is 0.310.